The van der Waals surface area contributed by atoms with Gasteiger partial charge in [0.2, 0.25) is 0 Å². The number of benzene rings is 10. The van der Waals surface area contributed by atoms with E-state index in [9.17, 15) is 10.2 Å². The van der Waals surface area contributed by atoms with Gasteiger partial charge in [-0.2, -0.15) is 0 Å². The minimum Gasteiger partial charge on any atom is -0.507 e. The van der Waals surface area contributed by atoms with E-state index < -0.39 is 23.3 Å². The van der Waals surface area contributed by atoms with Crippen LogP contribution in [0.25, 0.3) is 87.6 Å². The number of halogens is 4. The number of aliphatic imine (C=N–C) groups is 2. The monoisotopic (exact) mass is 898 g/mol. The Morgan fingerprint density at radius 3 is 1.09 bits per heavy atom. The molecule has 8 heteroatoms. The molecule has 332 valence electrons. The summed E-state index contributed by atoms with van der Waals surface area (Å²) in [6.45, 7) is 0. The quantitative estimate of drug-likeness (QED) is 0.118. The van der Waals surface area contributed by atoms with Crippen LogP contribution in [-0.4, -0.2) is 34.7 Å². The van der Waals surface area contributed by atoms with Gasteiger partial charge in [0.15, 0.2) is 0 Å². The first-order valence-corrected chi connectivity index (χ1v) is 22.7. The van der Waals surface area contributed by atoms with Gasteiger partial charge in [0.25, 0.3) is 0 Å². The van der Waals surface area contributed by atoms with Gasteiger partial charge in [0.05, 0.1) is 23.2 Å². The predicted octanol–water partition coefficient (Wildman–Crippen LogP) is 15.8. The standard InChI is InChI=1S/C60H42F4N2O2/c61-47-21-11-22-48(62)55(47)45-29-27-35-13-1-5-17-41(35)53(45)57-43-19-7-3-15-37(43)31-39(59(57)67)33-65-51-25-9-10-26-52(51)66-34-40-32-38-16-4-8-20-44(38)58(60(40)68)54-42-18-6-2-14-36(42)28-30-46(54)56-49(63)23-12-24-50(56)64/h1-8,11-24,27-34,51-52,67-68H,9-10,25-26H2/t51-,52-/m0/s1. The van der Waals surface area contributed by atoms with E-state index in [1.54, 1.807) is 24.6 Å². The van der Waals surface area contributed by atoms with E-state index in [4.69, 9.17) is 9.98 Å². The molecule has 1 aliphatic carbocycles. The van der Waals surface area contributed by atoms with Crippen LogP contribution in [0.2, 0.25) is 0 Å². The molecule has 10 aromatic rings. The highest BCUT2D eigenvalue weighted by atomic mass is 19.1. The summed E-state index contributed by atoms with van der Waals surface area (Å²) < 4.78 is 62.6. The number of phenols is 2. The molecule has 0 saturated heterocycles. The van der Waals surface area contributed by atoms with Gasteiger partial charge in [0, 0.05) is 45.8 Å². The average molecular weight is 899 g/mol. The molecule has 1 fully saturated rings. The Morgan fingerprint density at radius 2 is 0.706 bits per heavy atom. The van der Waals surface area contributed by atoms with E-state index in [0.29, 0.717) is 55.3 Å². The van der Waals surface area contributed by atoms with Crippen LogP contribution < -0.4 is 0 Å². The second-order valence-corrected chi connectivity index (χ2v) is 17.4. The molecular formula is C60H42F4N2O2. The van der Waals surface area contributed by atoms with Crippen molar-refractivity contribution in [1.29, 1.82) is 0 Å². The van der Waals surface area contributed by atoms with Crippen molar-refractivity contribution in [3.8, 4) is 56.0 Å². The van der Waals surface area contributed by atoms with Crippen LogP contribution >= 0.6 is 0 Å². The molecule has 4 nitrogen and oxygen atoms in total. The zero-order chi connectivity index (χ0) is 46.5. The average Bonchev–Trinajstić information content (AvgIpc) is 3.35. The molecule has 68 heavy (non-hydrogen) atoms. The third-order valence-electron chi connectivity index (χ3n) is 13.4. The molecule has 0 aromatic heterocycles. The lowest BCUT2D eigenvalue weighted by atomic mass is 9.85. The van der Waals surface area contributed by atoms with Gasteiger partial charge < -0.3 is 10.2 Å². The van der Waals surface area contributed by atoms with Crippen LogP contribution in [-0.2, 0) is 0 Å². The molecule has 0 spiro atoms. The van der Waals surface area contributed by atoms with Crippen molar-refractivity contribution in [2.75, 3.05) is 0 Å². The predicted molar refractivity (Wildman–Crippen MR) is 269 cm³/mol. The molecule has 1 saturated carbocycles. The summed E-state index contributed by atoms with van der Waals surface area (Å²) in [5, 5.41) is 31.0. The zero-order valence-corrected chi connectivity index (χ0v) is 36.6. The molecule has 0 amide bonds. The molecule has 0 heterocycles. The van der Waals surface area contributed by atoms with Crippen LogP contribution in [0.1, 0.15) is 36.8 Å². The van der Waals surface area contributed by atoms with Gasteiger partial charge in [-0.3, -0.25) is 9.98 Å². The van der Waals surface area contributed by atoms with E-state index in [-0.39, 0.29) is 34.7 Å². The number of hydrogen-bond donors (Lipinski definition) is 2. The number of phenolic OH excluding ortho intramolecular Hbond substituents is 2. The smallest absolute Gasteiger partial charge is 0.133 e. The second kappa shape index (κ2) is 17.6. The third-order valence-corrected chi connectivity index (χ3v) is 13.4. The fourth-order valence-corrected chi connectivity index (χ4v) is 10.2. The van der Waals surface area contributed by atoms with Gasteiger partial charge >= 0.3 is 0 Å². The van der Waals surface area contributed by atoms with Crippen molar-refractivity contribution in [2.45, 2.75) is 37.8 Å². The summed E-state index contributed by atoms with van der Waals surface area (Å²) in [5.74, 6) is -3.00. The van der Waals surface area contributed by atoms with E-state index in [1.807, 2.05) is 121 Å². The largest absolute Gasteiger partial charge is 0.507 e. The van der Waals surface area contributed by atoms with E-state index in [2.05, 4.69) is 0 Å². The van der Waals surface area contributed by atoms with E-state index in [0.717, 1.165) is 58.0 Å². The first kappa shape index (κ1) is 42.5. The maximum atomic E-state index is 15.6. The van der Waals surface area contributed by atoms with Gasteiger partial charge in [-0.25, -0.2) is 17.6 Å². The Kier molecular flexibility index (Phi) is 11.0. The summed E-state index contributed by atoms with van der Waals surface area (Å²) in [6.07, 6.45) is 6.63. The Labute approximate surface area is 389 Å². The molecule has 0 bridgehead atoms. The number of rotatable bonds is 8. The summed E-state index contributed by atoms with van der Waals surface area (Å²) in [5.41, 5.74) is 3.01. The van der Waals surface area contributed by atoms with E-state index >= 15 is 17.6 Å². The lowest BCUT2D eigenvalue weighted by Crippen LogP contribution is -2.27. The number of aromatic hydroxyl groups is 2. The second-order valence-electron chi connectivity index (χ2n) is 17.4. The third kappa shape index (κ3) is 7.42. The fourth-order valence-electron chi connectivity index (χ4n) is 10.2. The maximum absolute atomic E-state index is 15.6. The lowest BCUT2D eigenvalue weighted by molar-refractivity contribution is 0.390. The summed E-state index contributed by atoms with van der Waals surface area (Å²) >= 11 is 0. The number of fused-ring (bicyclic) bond motifs is 4. The zero-order valence-electron chi connectivity index (χ0n) is 36.6. The minimum atomic E-state index is -0.712. The lowest BCUT2D eigenvalue weighted by Gasteiger charge is -2.26. The number of nitrogens with zero attached hydrogens (tertiary/aromatic N) is 2. The Bertz CT molecular complexity index is 3410. The van der Waals surface area contributed by atoms with Crippen molar-refractivity contribution >= 4 is 55.5 Å². The maximum Gasteiger partial charge on any atom is 0.133 e. The first-order chi connectivity index (χ1) is 33.2. The van der Waals surface area contributed by atoms with Crippen molar-refractivity contribution in [1.82, 2.24) is 0 Å². The van der Waals surface area contributed by atoms with Gasteiger partial charge in [-0.15, -0.1) is 0 Å². The van der Waals surface area contributed by atoms with Crippen molar-refractivity contribution < 1.29 is 27.8 Å². The molecule has 11 rings (SSSR count). The molecule has 1 aliphatic rings. The number of hydrogen-bond acceptors (Lipinski definition) is 4. The summed E-state index contributed by atoms with van der Waals surface area (Å²) in [4.78, 5) is 10.2. The van der Waals surface area contributed by atoms with Gasteiger partial charge in [0.1, 0.15) is 34.8 Å². The highest BCUT2D eigenvalue weighted by Crippen LogP contribution is 2.49. The van der Waals surface area contributed by atoms with Crippen molar-refractivity contribution in [3.63, 3.8) is 0 Å². The van der Waals surface area contributed by atoms with Crippen LogP contribution in [0.3, 0.4) is 0 Å². The molecule has 0 unspecified atom stereocenters. The van der Waals surface area contributed by atoms with Crippen LogP contribution in [0.15, 0.2) is 180 Å². The van der Waals surface area contributed by atoms with Crippen LogP contribution in [0.4, 0.5) is 17.6 Å². The highest BCUT2D eigenvalue weighted by molar-refractivity contribution is 6.16. The normalized spacial score (nSPS) is 15.4. The molecule has 2 atom stereocenters. The van der Waals surface area contributed by atoms with Gasteiger partial charge in [-0.1, -0.05) is 146 Å². The molecular weight excluding hydrogens is 857 g/mol. The SMILES string of the molecule is Oc1c(C=N[C@H]2CCCC[C@@H]2N=Cc2cc3ccccc3c(-c3c(-c4c(F)cccc4F)ccc4ccccc34)c2O)cc2ccccc2c1-c1c(-c2c(F)cccc2F)ccc2ccccc12. The molecule has 10 aromatic carbocycles. The molecule has 0 aliphatic heterocycles. The minimum absolute atomic E-state index is 0.0747. The fraction of sp³-hybridized carbons (Fsp3) is 0.100. The van der Waals surface area contributed by atoms with Crippen molar-refractivity contribution in [2.24, 2.45) is 9.98 Å². The molecule has 0 radical (unpaired) electrons. The van der Waals surface area contributed by atoms with Crippen LogP contribution in [0, 0.1) is 23.3 Å². The van der Waals surface area contributed by atoms with E-state index in [1.165, 1.54) is 36.4 Å². The Balaban J connectivity index is 1.02. The van der Waals surface area contributed by atoms with Crippen LogP contribution in [0.5, 0.6) is 11.5 Å². The van der Waals surface area contributed by atoms with Crippen molar-refractivity contribution in [3.05, 3.63) is 204 Å². The highest BCUT2D eigenvalue weighted by Gasteiger charge is 2.27. The first-order valence-electron chi connectivity index (χ1n) is 22.7. The molecule has 2 N–H and O–H groups in total. The Morgan fingerprint density at radius 1 is 0.368 bits per heavy atom. The van der Waals surface area contributed by atoms with Gasteiger partial charge in [-0.05, 0) is 103 Å². The Hall–Kier alpha value is -8.10. The topological polar surface area (TPSA) is 65.2 Å². The summed E-state index contributed by atoms with van der Waals surface area (Å²) in [6, 6.07) is 48.3. The summed E-state index contributed by atoms with van der Waals surface area (Å²) in [7, 11) is 0.